The van der Waals surface area contributed by atoms with Gasteiger partial charge in [-0.1, -0.05) is 70.9 Å². The van der Waals surface area contributed by atoms with E-state index in [0.29, 0.717) is 11.7 Å². The van der Waals surface area contributed by atoms with Gasteiger partial charge in [-0.2, -0.15) is 4.98 Å². The van der Waals surface area contributed by atoms with E-state index in [1.165, 1.54) is 44.9 Å². The van der Waals surface area contributed by atoms with Crippen LogP contribution in [-0.4, -0.2) is 16.7 Å². The fourth-order valence-electron chi connectivity index (χ4n) is 3.55. The molecule has 156 valence electrons. The first-order valence-electron chi connectivity index (χ1n) is 11.1. The number of rotatable bonds is 13. The highest BCUT2D eigenvalue weighted by atomic mass is 16.5. The van der Waals surface area contributed by atoms with Crippen molar-refractivity contribution in [2.75, 3.05) is 6.61 Å². The van der Waals surface area contributed by atoms with Crippen molar-refractivity contribution in [2.24, 2.45) is 0 Å². The van der Waals surface area contributed by atoms with Gasteiger partial charge >= 0.3 is 0 Å². The topological polar surface area (TPSA) is 48.2 Å². The van der Waals surface area contributed by atoms with Crippen molar-refractivity contribution < 1.29 is 9.26 Å². The number of hydrogen-bond donors (Lipinski definition) is 0. The third-order valence-electron chi connectivity index (χ3n) is 5.32. The first kappa shape index (κ1) is 22.4. The predicted molar refractivity (Wildman–Crippen MR) is 116 cm³/mol. The maximum atomic E-state index is 6.09. The second-order valence-corrected chi connectivity index (χ2v) is 8.05. The summed E-state index contributed by atoms with van der Waals surface area (Å²) in [6.07, 6.45) is 11.1. The fraction of sp³-hybridized carbons (Fsp3) is 0.667. The first-order chi connectivity index (χ1) is 13.6. The highest BCUT2D eigenvalue weighted by Crippen LogP contribution is 2.30. The Morgan fingerprint density at radius 1 is 0.929 bits per heavy atom. The SMILES string of the molecule is CCCCCCCCOc1c(C)cc(-c2noc([C@@H](C)CCCC)n2)cc1C. The Labute approximate surface area is 171 Å². The number of unbranched alkanes of at least 4 members (excludes halogenated alkanes) is 6. The number of hydrogen-bond acceptors (Lipinski definition) is 4. The van der Waals surface area contributed by atoms with Crippen LogP contribution in [0.1, 0.15) is 101 Å². The van der Waals surface area contributed by atoms with Gasteiger partial charge in [-0.3, -0.25) is 0 Å². The van der Waals surface area contributed by atoms with Gasteiger partial charge in [-0.15, -0.1) is 0 Å². The smallest absolute Gasteiger partial charge is 0.229 e. The van der Waals surface area contributed by atoms with E-state index in [0.717, 1.165) is 47.8 Å². The lowest BCUT2D eigenvalue weighted by Crippen LogP contribution is -2.01. The van der Waals surface area contributed by atoms with Crippen molar-refractivity contribution in [3.05, 3.63) is 29.2 Å². The summed E-state index contributed by atoms with van der Waals surface area (Å²) in [5, 5.41) is 4.21. The lowest BCUT2D eigenvalue weighted by atomic mass is 10.0. The quantitative estimate of drug-likeness (QED) is 0.337. The van der Waals surface area contributed by atoms with Gasteiger partial charge in [-0.05, 0) is 49.9 Å². The van der Waals surface area contributed by atoms with E-state index < -0.39 is 0 Å². The molecule has 0 aliphatic heterocycles. The van der Waals surface area contributed by atoms with E-state index in [2.05, 4.69) is 56.9 Å². The summed E-state index contributed by atoms with van der Waals surface area (Å²) >= 11 is 0. The van der Waals surface area contributed by atoms with Crippen LogP contribution in [0.2, 0.25) is 0 Å². The molecule has 1 atom stereocenters. The summed E-state index contributed by atoms with van der Waals surface area (Å²) in [5.41, 5.74) is 3.26. The molecule has 1 heterocycles. The maximum absolute atomic E-state index is 6.09. The summed E-state index contributed by atoms with van der Waals surface area (Å²) in [4.78, 5) is 4.64. The van der Waals surface area contributed by atoms with Crippen molar-refractivity contribution in [2.45, 2.75) is 98.3 Å². The molecule has 1 aromatic heterocycles. The predicted octanol–water partition coefficient (Wildman–Crippen LogP) is 7.39. The second-order valence-electron chi connectivity index (χ2n) is 8.05. The third-order valence-corrected chi connectivity index (χ3v) is 5.32. The molecular formula is C24H38N2O2. The molecule has 28 heavy (non-hydrogen) atoms. The minimum Gasteiger partial charge on any atom is -0.493 e. The van der Waals surface area contributed by atoms with Crippen LogP contribution in [0.15, 0.2) is 16.7 Å². The van der Waals surface area contributed by atoms with E-state index in [4.69, 9.17) is 9.26 Å². The fourth-order valence-corrected chi connectivity index (χ4v) is 3.55. The second kappa shape index (κ2) is 11.9. The molecule has 0 unspecified atom stereocenters. The van der Waals surface area contributed by atoms with E-state index in [-0.39, 0.29) is 0 Å². The molecule has 0 spiro atoms. The summed E-state index contributed by atoms with van der Waals surface area (Å²) in [6.45, 7) is 11.6. The lowest BCUT2D eigenvalue weighted by molar-refractivity contribution is 0.300. The number of aryl methyl sites for hydroxylation is 2. The van der Waals surface area contributed by atoms with Crippen LogP contribution in [0.5, 0.6) is 5.75 Å². The van der Waals surface area contributed by atoms with Crippen molar-refractivity contribution in [3.8, 4) is 17.1 Å². The molecule has 0 fully saturated rings. The molecule has 0 N–H and O–H groups in total. The molecule has 4 heteroatoms. The average Bonchev–Trinajstić information content (AvgIpc) is 3.17. The largest absolute Gasteiger partial charge is 0.493 e. The zero-order valence-electron chi connectivity index (χ0n) is 18.5. The molecule has 0 aliphatic carbocycles. The average molecular weight is 387 g/mol. The zero-order chi connectivity index (χ0) is 20.4. The number of aromatic nitrogens is 2. The van der Waals surface area contributed by atoms with Crippen LogP contribution < -0.4 is 4.74 Å². The van der Waals surface area contributed by atoms with Gasteiger partial charge in [0.1, 0.15) is 5.75 Å². The van der Waals surface area contributed by atoms with Crippen LogP contribution in [0.3, 0.4) is 0 Å². The molecule has 0 saturated heterocycles. The number of ether oxygens (including phenoxy) is 1. The standard InChI is InChI=1S/C24H38N2O2/c1-6-8-10-11-12-13-15-27-22-19(4)16-21(17-20(22)5)23-25-24(28-26-23)18(3)14-9-7-2/h16-18H,6-15H2,1-5H3/t18-/m0/s1. The van der Waals surface area contributed by atoms with Gasteiger partial charge in [0.2, 0.25) is 11.7 Å². The van der Waals surface area contributed by atoms with E-state index >= 15 is 0 Å². The van der Waals surface area contributed by atoms with Gasteiger partial charge in [0.25, 0.3) is 0 Å². The summed E-state index contributed by atoms with van der Waals surface area (Å²) in [7, 11) is 0. The molecule has 0 amide bonds. The van der Waals surface area contributed by atoms with Gasteiger partial charge in [0.05, 0.1) is 6.61 Å². The van der Waals surface area contributed by atoms with Gasteiger partial charge < -0.3 is 9.26 Å². The Bertz CT molecular complexity index is 685. The molecular weight excluding hydrogens is 348 g/mol. The Morgan fingerprint density at radius 3 is 2.25 bits per heavy atom. The minimum atomic E-state index is 0.309. The molecule has 0 aliphatic rings. The molecule has 0 bridgehead atoms. The zero-order valence-corrected chi connectivity index (χ0v) is 18.5. The Balaban J connectivity index is 1.95. The Morgan fingerprint density at radius 2 is 1.57 bits per heavy atom. The van der Waals surface area contributed by atoms with Crippen molar-refractivity contribution >= 4 is 0 Å². The Kier molecular flexibility index (Phi) is 9.52. The van der Waals surface area contributed by atoms with Crippen LogP contribution in [0.4, 0.5) is 0 Å². The van der Waals surface area contributed by atoms with Crippen LogP contribution in [0, 0.1) is 13.8 Å². The van der Waals surface area contributed by atoms with Crippen molar-refractivity contribution in [1.82, 2.24) is 10.1 Å². The highest BCUT2D eigenvalue weighted by Gasteiger charge is 2.16. The summed E-state index contributed by atoms with van der Waals surface area (Å²) < 4.78 is 11.6. The molecule has 2 rings (SSSR count). The van der Waals surface area contributed by atoms with Gasteiger partial charge in [-0.25, -0.2) is 0 Å². The summed E-state index contributed by atoms with van der Waals surface area (Å²) in [6, 6.07) is 4.21. The molecule has 1 aromatic carbocycles. The monoisotopic (exact) mass is 386 g/mol. The van der Waals surface area contributed by atoms with Crippen LogP contribution >= 0.6 is 0 Å². The van der Waals surface area contributed by atoms with Crippen LogP contribution in [0.25, 0.3) is 11.4 Å². The normalized spacial score (nSPS) is 12.3. The van der Waals surface area contributed by atoms with Crippen molar-refractivity contribution in [3.63, 3.8) is 0 Å². The first-order valence-corrected chi connectivity index (χ1v) is 11.1. The molecule has 4 nitrogen and oxygen atoms in total. The van der Waals surface area contributed by atoms with E-state index in [1.54, 1.807) is 0 Å². The highest BCUT2D eigenvalue weighted by molar-refractivity contribution is 5.61. The number of benzene rings is 1. The molecule has 0 radical (unpaired) electrons. The van der Waals surface area contributed by atoms with Gasteiger partial charge in [0.15, 0.2) is 0 Å². The molecule has 0 saturated carbocycles. The van der Waals surface area contributed by atoms with Crippen molar-refractivity contribution in [1.29, 1.82) is 0 Å². The molecule has 2 aromatic rings. The van der Waals surface area contributed by atoms with E-state index in [1.807, 2.05) is 0 Å². The maximum Gasteiger partial charge on any atom is 0.229 e. The van der Waals surface area contributed by atoms with E-state index in [9.17, 15) is 0 Å². The summed E-state index contributed by atoms with van der Waals surface area (Å²) in [5.74, 6) is 2.72. The number of nitrogens with zero attached hydrogens (tertiary/aromatic N) is 2. The van der Waals surface area contributed by atoms with Gasteiger partial charge in [0, 0.05) is 11.5 Å². The Hall–Kier alpha value is -1.84. The lowest BCUT2D eigenvalue weighted by Gasteiger charge is -2.13. The van der Waals surface area contributed by atoms with Crippen LogP contribution in [-0.2, 0) is 0 Å². The minimum absolute atomic E-state index is 0.309. The third kappa shape index (κ3) is 6.65.